The monoisotopic (exact) mass is 525 g/mol. The van der Waals surface area contributed by atoms with E-state index in [0.717, 1.165) is 5.56 Å². The Morgan fingerprint density at radius 1 is 1.21 bits per heavy atom. The smallest absolute Gasteiger partial charge is 0.256 e. The number of rotatable bonds is 5. The zero-order chi connectivity index (χ0) is 24.0. The van der Waals surface area contributed by atoms with Crippen LogP contribution in [0.4, 0.5) is 10.1 Å². The van der Waals surface area contributed by atoms with Crippen molar-refractivity contribution in [3.63, 3.8) is 0 Å². The molecule has 2 heterocycles. The number of carbonyl (C=O) groups is 1. The molecule has 1 N–H and O–H groups in total. The number of likely N-dealkylation sites (N-methyl/N-ethyl adjacent to an activating group) is 1. The van der Waals surface area contributed by atoms with Gasteiger partial charge in [-0.1, -0.05) is 36.4 Å². The number of fused-ring (bicyclic) bond motifs is 2. The fourth-order valence-electron chi connectivity index (χ4n) is 5.23. The van der Waals surface area contributed by atoms with E-state index in [1.807, 2.05) is 0 Å². The van der Waals surface area contributed by atoms with Crippen LogP contribution in [0.1, 0.15) is 22.6 Å². The SMILES string of the molecule is CN1C[C@H](c2ccc(OCc3cccc(F)c3)c(Br)c2)[C@@H]([N+](=O)[O-])[C@@]12C(=O)Nc1ccccc12. The summed E-state index contributed by atoms with van der Waals surface area (Å²) < 4.78 is 19.9. The summed E-state index contributed by atoms with van der Waals surface area (Å²) in [6.45, 7) is 0.517. The van der Waals surface area contributed by atoms with Gasteiger partial charge in [0.1, 0.15) is 18.2 Å². The Balaban J connectivity index is 1.46. The molecule has 3 aromatic rings. The summed E-state index contributed by atoms with van der Waals surface area (Å²) in [5, 5.41) is 15.3. The summed E-state index contributed by atoms with van der Waals surface area (Å²) in [5.41, 5.74) is 1.27. The van der Waals surface area contributed by atoms with Crippen LogP contribution in [0, 0.1) is 15.9 Å². The third-order valence-corrected chi connectivity index (χ3v) is 7.33. The Morgan fingerprint density at radius 3 is 2.74 bits per heavy atom. The molecule has 174 valence electrons. The average Bonchev–Trinajstić information content (AvgIpc) is 3.28. The van der Waals surface area contributed by atoms with Crippen molar-refractivity contribution in [2.24, 2.45) is 0 Å². The standard InChI is InChI=1S/C25H21BrFN3O4/c1-29-13-18(23(30(32)33)25(29)19-7-2-3-8-21(19)28-24(25)31)16-9-10-22(20(26)12-16)34-14-15-5-4-6-17(27)11-15/h2-12,18,23H,13-14H2,1H3,(H,28,31)/t18-,23-,25+/m1/s1. The molecule has 1 saturated heterocycles. The number of nitro groups is 1. The molecule has 0 aliphatic carbocycles. The molecular formula is C25H21BrFN3O4. The van der Waals surface area contributed by atoms with Crippen molar-refractivity contribution in [1.82, 2.24) is 4.90 Å². The number of para-hydroxylation sites is 1. The molecule has 1 amide bonds. The van der Waals surface area contributed by atoms with Gasteiger partial charge >= 0.3 is 0 Å². The van der Waals surface area contributed by atoms with Gasteiger partial charge in [0, 0.05) is 22.7 Å². The Morgan fingerprint density at radius 2 is 2.00 bits per heavy atom. The Bertz CT molecular complexity index is 1300. The third-order valence-electron chi connectivity index (χ3n) is 6.71. The molecular weight excluding hydrogens is 505 g/mol. The number of halogens is 2. The fourth-order valence-corrected chi connectivity index (χ4v) is 5.74. The van der Waals surface area contributed by atoms with Crippen LogP contribution < -0.4 is 10.1 Å². The molecule has 7 nitrogen and oxygen atoms in total. The minimum absolute atomic E-state index is 0.180. The summed E-state index contributed by atoms with van der Waals surface area (Å²) in [5.74, 6) is -0.700. The molecule has 34 heavy (non-hydrogen) atoms. The molecule has 3 aromatic carbocycles. The minimum atomic E-state index is -1.39. The van der Waals surface area contributed by atoms with Crippen LogP contribution in [-0.2, 0) is 16.9 Å². The summed E-state index contributed by atoms with van der Waals surface area (Å²) in [6.07, 6.45) is 0. The molecule has 0 bridgehead atoms. The lowest BCUT2D eigenvalue weighted by Gasteiger charge is -2.30. The van der Waals surface area contributed by atoms with Gasteiger partial charge in [0.05, 0.1) is 10.4 Å². The number of amides is 1. The molecule has 1 fully saturated rings. The number of carbonyl (C=O) groups excluding carboxylic acids is 1. The highest BCUT2D eigenvalue weighted by Gasteiger charge is 2.68. The van der Waals surface area contributed by atoms with Crippen molar-refractivity contribution in [3.8, 4) is 5.75 Å². The second-order valence-corrected chi connectivity index (χ2v) is 9.45. The number of anilines is 1. The largest absolute Gasteiger partial charge is 0.488 e. The van der Waals surface area contributed by atoms with Crippen molar-refractivity contribution in [2.75, 3.05) is 18.9 Å². The highest BCUT2D eigenvalue weighted by atomic mass is 79.9. The lowest BCUT2D eigenvalue weighted by atomic mass is 9.79. The molecule has 9 heteroatoms. The van der Waals surface area contributed by atoms with Crippen LogP contribution >= 0.6 is 15.9 Å². The van der Waals surface area contributed by atoms with Crippen molar-refractivity contribution in [1.29, 1.82) is 0 Å². The zero-order valence-corrected chi connectivity index (χ0v) is 19.8. The lowest BCUT2D eigenvalue weighted by molar-refractivity contribution is -0.534. The maximum Gasteiger partial charge on any atom is 0.256 e. The third kappa shape index (κ3) is 3.47. The molecule has 0 aromatic heterocycles. The van der Waals surface area contributed by atoms with Gasteiger partial charge < -0.3 is 10.1 Å². The molecule has 0 saturated carbocycles. The van der Waals surface area contributed by atoms with E-state index in [1.54, 1.807) is 66.5 Å². The van der Waals surface area contributed by atoms with Crippen LogP contribution in [0.3, 0.4) is 0 Å². The first-order chi connectivity index (χ1) is 16.3. The van der Waals surface area contributed by atoms with Crippen LogP contribution in [0.5, 0.6) is 5.75 Å². The van der Waals surface area contributed by atoms with E-state index in [-0.39, 0.29) is 23.3 Å². The maximum absolute atomic E-state index is 13.4. The Labute approximate surface area is 203 Å². The van der Waals surface area contributed by atoms with Crippen LogP contribution in [0.2, 0.25) is 0 Å². The molecule has 3 atom stereocenters. The molecule has 1 spiro atoms. The van der Waals surface area contributed by atoms with Gasteiger partial charge in [-0.05, 0) is 64.4 Å². The fraction of sp³-hybridized carbons (Fsp3) is 0.240. The van der Waals surface area contributed by atoms with Gasteiger partial charge in [0.25, 0.3) is 11.9 Å². The second-order valence-electron chi connectivity index (χ2n) is 8.59. The van der Waals surface area contributed by atoms with E-state index in [0.29, 0.717) is 33.6 Å². The summed E-state index contributed by atoms with van der Waals surface area (Å²) in [7, 11) is 1.75. The normalized spacial score (nSPS) is 23.7. The first kappa shape index (κ1) is 22.5. The Kier molecular flexibility index (Phi) is 5.61. The highest BCUT2D eigenvalue weighted by molar-refractivity contribution is 9.10. The van der Waals surface area contributed by atoms with Gasteiger partial charge in [0.15, 0.2) is 5.54 Å². The van der Waals surface area contributed by atoms with E-state index in [4.69, 9.17) is 4.74 Å². The van der Waals surface area contributed by atoms with Crippen molar-refractivity contribution in [2.45, 2.75) is 24.1 Å². The van der Waals surface area contributed by atoms with Crippen molar-refractivity contribution >= 4 is 27.5 Å². The number of likely N-dealkylation sites (tertiary alicyclic amines) is 1. The van der Waals surface area contributed by atoms with Gasteiger partial charge in [-0.2, -0.15) is 0 Å². The summed E-state index contributed by atoms with van der Waals surface area (Å²) >= 11 is 3.51. The number of nitrogens with one attached hydrogen (secondary N) is 1. The topological polar surface area (TPSA) is 84.7 Å². The number of nitrogens with zero attached hydrogens (tertiary/aromatic N) is 2. The number of hydrogen-bond acceptors (Lipinski definition) is 5. The van der Waals surface area contributed by atoms with Crippen LogP contribution in [-0.4, -0.2) is 35.4 Å². The number of benzene rings is 3. The van der Waals surface area contributed by atoms with E-state index < -0.39 is 17.5 Å². The lowest BCUT2D eigenvalue weighted by Crippen LogP contribution is -2.54. The van der Waals surface area contributed by atoms with Crippen LogP contribution in [0.25, 0.3) is 0 Å². The molecule has 2 aliphatic heterocycles. The first-order valence-electron chi connectivity index (χ1n) is 10.7. The quantitative estimate of drug-likeness (QED) is 0.385. The second kappa shape index (κ2) is 8.48. The van der Waals surface area contributed by atoms with Gasteiger partial charge in [0.2, 0.25) is 0 Å². The van der Waals surface area contributed by atoms with E-state index in [9.17, 15) is 19.3 Å². The molecule has 2 aliphatic rings. The van der Waals surface area contributed by atoms with Crippen LogP contribution in [0.15, 0.2) is 71.2 Å². The highest BCUT2D eigenvalue weighted by Crippen LogP contribution is 2.52. The Hall–Kier alpha value is -3.30. The van der Waals surface area contributed by atoms with Gasteiger partial charge in [-0.15, -0.1) is 0 Å². The zero-order valence-electron chi connectivity index (χ0n) is 18.2. The van der Waals surface area contributed by atoms with E-state index in [2.05, 4.69) is 21.2 Å². The van der Waals surface area contributed by atoms with E-state index in [1.165, 1.54) is 12.1 Å². The first-order valence-corrected chi connectivity index (χ1v) is 11.5. The maximum atomic E-state index is 13.4. The predicted octanol–water partition coefficient (Wildman–Crippen LogP) is 4.69. The molecule has 0 unspecified atom stereocenters. The van der Waals surface area contributed by atoms with Crippen molar-refractivity contribution < 1.29 is 18.8 Å². The van der Waals surface area contributed by atoms with Gasteiger partial charge in [-0.3, -0.25) is 19.8 Å². The average molecular weight is 526 g/mol. The van der Waals surface area contributed by atoms with E-state index >= 15 is 0 Å². The predicted molar refractivity (Wildman–Crippen MR) is 128 cm³/mol. The summed E-state index contributed by atoms with van der Waals surface area (Å²) in [6, 6.07) is 17.5. The summed E-state index contributed by atoms with van der Waals surface area (Å²) in [4.78, 5) is 27.1. The molecule has 5 rings (SSSR count). The number of ether oxygens (including phenoxy) is 1. The van der Waals surface area contributed by atoms with Gasteiger partial charge in [-0.25, -0.2) is 4.39 Å². The number of hydrogen-bond donors (Lipinski definition) is 1. The minimum Gasteiger partial charge on any atom is -0.488 e. The molecule has 0 radical (unpaired) electrons. The van der Waals surface area contributed by atoms with Crippen molar-refractivity contribution in [3.05, 3.63) is 104 Å².